The fourth-order valence-electron chi connectivity index (χ4n) is 2.09. The normalized spacial score (nSPS) is 12.3. The minimum atomic E-state index is -1.52. The molecule has 1 aromatic heterocycles. The van der Waals surface area contributed by atoms with Gasteiger partial charge in [-0.3, -0.25) is 4.79 Å². The summed E-state index contributed by atoms with van der Waals surface area (Å²) >= 11 is 0. The summed E-state index contributed by atoms with van der Waals surface area (Å²) in [4.78, 5) is 22.9. The molecular weight excluding hydrogens is 263 g/mol. The average molecular weight is 278 g/mol. The third kappa shape index (κ3) is 2.49. The van der Waals surface area contributed by atoms with E-state index in [0.29, 0.717) is 12.1 Å². The molecular formula is C14H15FN2O3. The van der Waals surface area contributed by atoms with E-state index in [2.05, 4.69) is 5.32 Å². The van der Waals surface area contributed by atoms with Crippen molar-refractivity contribution >= 4 is 22.8 Å². The van der Waals surface area contributed by atoms with Crippen LogP contribution >= 0.6 is 0 Å². The largest absolute Gasteiger partial charge is 0.480 e. The fourth-order valence-corrected chi connectivity index (χ4v) is 2.09. The van der Waals surface area contributed by atoms with Crippen molar-refractivity contribution in [2.24, 2.45) is 0 Å². The molecule has 0 bridgehead atoms. The molecule has 0 saturated carbocycles. The molecule has 5 nitrogen and oxygen atoms in total. The summed E-state index contributed by atoms with van der Waals surface area (Å²) in [5.41, 5.74) is 1.23. The van der Waals surface area contributed by atoms with E-state index in [0.717, 1.165) is 10.9 Å². The van der Waals surface area contributed by atoms with Gasteiger partial charge in [-0.1, -0.05) is 18.2 Å². The fraction of sp³-hybridized carbons (Fsp3) is 0.286. The van der Waals surface area contributed by atoms with Gasteiger partial charge in [0.05, 0.1) is 5.56 Å². The number of nitrogens with zero attached hydrogens (tertiary/aromatic N) is 1. The van der Waals surface area contributed by atoms with E-state index < -0.39 is 24.6 Å². The van der Waals surface area contributed by atoms with Gasteiger partial charge in [-0.2, -0.15) is 0 Å². The van der Waals surface area contributed by atoms with Gasteiger partial charge in [-0.05, 0) is 13.0 Å². The smallest absolute Gasteiger partial charge is 0.328 e. The summed E-state index contributed by atoms with van der Waals surface area (Å²) in [6.45, 7) is 1.47. The monoisotopic (exact) mass is 278 g/mol. The Balaban J connectivity index is 2.37. The van der Waals surface area contributed by atoms with Gasteiger partial charge >= 0.3 is 5.97 Å². The molecule has 1 aromatic carbocycles. The van der Waals surface area contributed by atoms with Crippen molar-refractivity contribution in [3.8, 4) is 0 Å². The van der Waals surface area contributed by atoms with Gasteiger partial charge < -0.3 is 15.0 Å². The second kappa shape index (κ2) is 5.73. The molecule has 2 rings (SSSR count). The van der Waals surface area contributed by atoms with Gasteiger partial charge in [-0.25, -0.2) is 9.18 Å². The number of amides is 1. The molecule has 1 heterocycles. The Morgan fingerprint density at radius 3 is 2.70 bits per heavy atom. The van der Waals surface area contributed by atoms with Crippen LogP contribution in [-0.2, 0) is 11.3 Å². The number of benzene rings is 1. The standard InChI is InChI=1S/C14H15FN2O3/c1-2-17-8-10(9-5-3-4-6-12(9)17)13(18)16-11(7-15)14(19)20/h3-6,8,11H,2,7H2,1H3,(H,16,18)(H,19,20). The van der Waals surface area contributed by atoms with E-state index in [1.807, 2.05) is 23.6 Å². The van der Waals surface area contributed by atoms with E-state index in [1.54, 1.807) is 18.3 Å². The molecule has 6 heteroatoms. The van der Waals surface area contributed by atoms with Crippen molar-refractivity contribution in [3.63, 3.8) is 0 Å². The number of aryl methyl sites for hydroxylation is 1. The highest BCUT2D eigenvalue weighted by Crippen LogP contribution is 2.21. The number of carboxylic acid groups (broad SMARTS) is 1. The molecule has 0 fully saturated rings. The van der Waals surface area contributed by atoms with Gasteiger partial charge in [0.1, 0.15) is 6.67 Å². The van der Waals surface area contributed by atoms with Gasteiger partial charge in [0.15, 0.2) is 6.04 Å². The van der Waals surface area contributed by atoms with Gasteiger partial charge in [0.2, 0.25) is 0 Å². The number of fused-ring (bicyclic) bond motifs is 1. The number of rotatable bonds is 5. The zero-order chi connectivity index (χ0) is 14.7. The predicted molar refractivity (Wildman–Crippen MR) is 72.5 cm³/mol. The number of para-hydroxylation sites is 1. The van der Waals surface area contributed by atoms with Crippen molar-refractivity contribution in [2.45, 2.75) is 19.5 Å². The molecule has 2 aromatic rings. The first-order valence-electron chi connectivity index (χ1n) is 6.26. The lowest BCUT2D eigenvalue weighted by Gasteiger charge is -2.09. The maximum absolute atomic E-state index is 12.6. The molecule has 1 amide bonds. The van der Waals surface area contributed by atoms with Crippen LogP contribution < -0.4 is 5.32 Å². The number of aliphatic carboxylic acids is 1. The van der Waals surface area contributed by atoms with Crippen molar-refractivity contribution in [2.75, 3.05) is 6.67 Å². The minimum absolute atomic E-state index is 0.349. The number of carboxylic acids is 1. The Bertz CT molecular complexity index is 651. The van der Waals surface area contributed by atoms with Crippen LogP contribution in [0.4, 0.5) is 4.39 Å². The van der Waals surface area contributed by atoms with Gasteiger partial charge in [0, 0.05) is 23.6 Å². The zero-order valence-corrected chi connectivity index (χ0v) is 11.0. The number of hydrogen-bond donors (Lipinski definition) is 2. The number of carbonyl (C=O) groups is 2. The lowest BCUT2D eigenvalue weighted by molar-refractivity contribution is -0.139. The van der Waals surface area contributed by atoms with Gasteiger partial charge in [0.25, 0.3) is 5.91 Å². The molecule has 0 aliphatic carbocycles. The topological polar surface area (TPSA) is 71.3 Å². The number of nitrogens with one attached hydrogen (secondary N) is 1. The van der Waals surface area contributed by atoms with Crippen molar-refractivity contribution in [1.82, 2.24) is 9.88 Å². The Labute approximate surface area is 115 Å². The molecule has 0 radical (unpaired) electrons. The van der Waals surface area contributed by atoms with E-state index in [4.69, 9.17) is 5.11 Å². The summed E-state index contributed by atoms with van der Waals surface area (Å²) in [5.74, 6) is -1.97. The van der Waals surface area contributed by atoms with Crippen LogP contribution in [0, 0.1) is 0 Å². The average Bonchev–Trinajstić information content (AvgIpc) is 2.83. The zero-order valence-electron chi connectivity index (χ0n) is 11.0. The van der Waals surface area contributed by atoms with Crippen LogP contribution in [0.1, 0.15) is 17.3 Å². The van der Waals surface area contributed by atoms with E-state index in [1.165, 1.54) is 0 Å². The number of aromatic nitrogens is 1. The maximum atomic E-state index is 12.6. The number of carbonyl (C=O) groups excluding carboxylic acids is 1. The van der Waals surface area contributed by atoms with E-state index in [-0.39, 0.29) is 0 Å². The molecule has 0 aliphatic heterocycles. The van der Waals surface area contributed by atoms with Crippen LogP contribution in [0.2, 0.25) is 0 Å². The lowest BCUT2D eigenvalue weighted by Crippen LogP contribution is -2.42. The van der Waals surface area contributed by atoms with Crippen molar-refractivity contribution in [1.29, 1.82) is 0 Å². The summed E-state index contributed by atoms with van der Waals surface area (Å²) in [5, 5.41) is 11.7. The number of alkyl halides is 1. The molecule has 0 spiro atoms. The Hall–Kier alpha value is -2.37. The molecule has 106 valence electrons. The van der Waals surface area contributed by atoms with E-state index >= 15 is 0 Å². The summed E-state index contributed by atoms with van der Waals surface area (Å²) < 4.78 is 14.5. The SMILES string of the molecule is CCn1cc(C(=O)NC(CF)C(=O)O)c2ccccc21. The quantitative estimate of drug-likeness (QED) is 0.876. The molecule has 0 saturated heterocycles. The second-order valence-electron chi connectivity index (χ2n) is 4.36. The van der Waals surface area contributed by atoms with Crippen LogP contribution in [0.3, 0.4) is 0 Å². The first kappa shape index (κ1) is 14.0. The maximum Gasteiger partial charge on any atom is 0.328 e. The van der Waals surface area contributed by atoms with Crippen molar-refractivity contribution < 1.29 is 19.1 Å². The third-order valence-electron chi connectivity index (χ3n) is 3.13. The van der Waals surface area contributed by atoms with Crippen LogP contribution in [0.25, 0.3) is 10.9 Å². The highest BCUT2D eigenvalue weighted by Gasteiger charge is 2.22. The number of hydrogen-bond acceptors (Lipinski definition) is 2. The second-order valence-corrected chi connectivity index (χ2v) is 4.36. The molecule has 1 atom stereocenters. The minimum Gasteiger partial charge on any atom is -0.480 e. The summed E-state index contributed by atoms with van der Waals surface area (Å²) in [7, 11) is 0. The lowest BCUT2D eigenvalue weighted by atomic mass is 10.1. The van der Waals surface area contributed by atoms with Crippen LogP contribution in [0.15, 0.2) is 30.5 Å². The number of halogens is 1. The molecule has 1 unspecified atom stereocenters. The first-order chi connectivity index (χ1) is 9.58. The highest BCUT2D eigenvalue weighted by molar-refractivity contribution is 6.07. The van der Waals surface area contributed by atoms with Crippen LogP contribution in [0.5, 0.6) is 0 Å². The highest BCUT2D eigenvalue weighted by atomic mass is 19.1. The first-order valence-corrected chi connectivity index (χ1v) is 6.26. The molecule has 0 aliphatic rings. The molecule has 2 N–H and O–H groups in total. The Morgan fingerprint density at radius 2 is 2.10 bits per heavy atom. The summed E-state index contributed by atoms with van der Waals surface area (Å²) in [6, 6.07) is 5.79. The van der Waals surface area contributed by atoms with E-state index in [9.17, 15) is 14.0 Å². The van der Waals surface area contributed by atoms with Crippen LogP contribution in [-0.4, -0.2) is 34.3 Å². The summed E-state index contributed by atoms with van der Waals surface area (Å²) in [6.07, 6.45) is 1.65. The van der Waals surface area contributed by atoms with Crippen molar-refractivity contribution in [3.05, 3.63) is 36.0 Å². The predicted octanol–water partition coefficient (Wildman–Crippen LogP) is 1.81. The third-order valence-corrected chi connectivity index (χ3v) is 3.13. The molecule has 20 heavy (non-hydrogen) atoms. The Kier molecular flexibility index (Phi) is 4.02. The Morgan fingerprint density at radius 1 is 1.40 bits per heavy atom. The van der Waals surface area contributed by atoms with Gasteiger partial charge in [-0.15, -0.1) is 0 Å².